The van der Waals surface area contributed by atoms with Crippen molar-refractivity contribution in [1.82, 2.24) is 4.90 Å². The molecule has 114 valence electrons. The van der Waals surface area contributed by atoms with E-state index in [0.29, 0.717) is 0 Å². The summed E-state index contributed by atoms with van der Waals surface area (Å²) >= 11 is 0. The molecule has 7 heteroatoms. The standard InChI is InChI=1S/C14H15F2NO4/c1-9-2-3-10(15)11(6-9)21-7-12(18)17-5-4-14(16,8-17)13(19)20/h2-3,6H,4-5,7-8H2,1H3,(H,19,20). The highest BCUT2D eigenvalue weighted by Gasteiger charge is 2.46. The normalized spacial score (nSPS) is 21.4. The van der Waals surface area contributed by atoms with Gasteiger partial charge in [-0.15, -0.1) is 0 Å². The summed E-state index contributed by atoms with van der Waals surface area (Å²) < 4.78 is 32.4. The number of carbonyl (C=O) groups is 2. The molecule has 0 aromatic heterocycles. The average Bonchev–Trinajstić information content (AvgIpc) is 2.84. The van der Waals surface area contributed by atoms with Gasteiger partial charge in [0.05, 0.1) is 6.54 Å². The number of ether oxygens (including phenoxy) is 1. The highest BCUT2D eigenvalue weighted by Crippen LogP contribution is 2.26. The first-order valence-electron chi connectivity index (χ1n) is 6.41. The molecule has 1 N–H and O–H groups in total. The largest absolute Gasteiger partial charge is 0.481 e. The summed E-state index contributed by atoms with van der Waals surface area (Å²) in [6, 6.07) is 4.24. The number of benzene rings is 1. The first-order valence-corrected chi connectivity index (χ1v) is 6.41. The van der Waals surface area contributed by atoms with Crippen molar-refractivity contribution in [2.45, 2.75) is 19.0 Å². The molecule has 0 saturated carbocycles. The lowest BCUT2D eigenvalue weighted by Crippen LogP contribution is -2.40. The Hall–Kier alpha value is -2.18. The van der Waals surface area contributed by atoms with E-state index >= 15 is 0 Å². The highest BCUT2D eigenvalue weighted by molar-refractivity contribution is 5.83. The molecule has 1 amide bonds. The number of amides is 1. The summed E-state index contributed by atoms with van der Waals surface area (Å²) in [5, 5.41) is 8.75. The van der Waals surface area contributed by atoms with Crippen molar-refractivity contribution in [3.8, 4) is 5.75 Å². The van der Waals surface area contributed by atoms with Crippen LogP contribution in [0.3, 0.4) is 0 Å². The number of likely N-dealkylation sites (tertiary alicyclic amines) is 1. The number of aliphatic carboxylic acids is 1. The van der Waals surface area contributed by atoms with Crippen LogP contribution in [0.4, 0.5) is 8.78 Å². The highest BCUT2D eigenvalue weighted by atomic mass is 19.1. The first kappa shape index (κ1) is 15.2. The predicted octanol–water partition coefficient (Wildman–Crippen LogP) is 1.54. The van der Waals surface area contributed by atoms with Gasteiger partial charge in [0.2, 0.25) is 5.67 Å². The molecule has 5 nitrogen and oxygen atoms in total. The van der Waals surface area contributed by atoms with E-state index in [1.807, 2.05) is 0 Å². The lowest BCUT2D eigenvalue weighted by atomic mass is 10.1. The molecule has 2 rings (SSSR count). The van der Waals surface area contributed by atoms with Crippen molar-refractivity contribution >= 4 is 11.9 Å². The molecular weight excluding hydrogens is 284 g/mol. The molecule has 1 aromatic carbocycles. The van der Waals surface area contributed by atoms with E-state index in [-0.39, 0.29) is 18.7 Å². The maximum atomic E-state index is 13.8. The van der Waals surface area contributed by atoms with Gasteiger partial charge in [0.25, 0.3) is 5.91 Å². The van der Waals surface area contributed by atoms with Crippen molar-refractivity contribution in [3.05, 3.63) is 29.6 Å². The van der Waals surface area contributed by atoms with Gasteiger partial charge in [-0.25, -0.2) is 13.6 Å². The number of carboxylic acid groups (broad SMARTS) is 1. The number of hydrogen-bond donors (Lipinski definition) is 1. The van der Waals surface area contributed by atoms with Crippen LogP contribution in [-0.4, -0.2) is 47.2 Å². The van der Waals surface area contributed by atoms with Crippen molar-refractivity contribution in [3.63, 3.8) is 0 Å². The summed E-state index contributed by atoms with van der Waals surface area (Å²) in [6.07, 6.45) is -0.257. The van der Waals surface area contributed by atoms with Crippen molar-refractivity contribution in [2.75, 3.05) is 19.7 Å². The smallest absolute Gasteiger partial charge is 0.343 e. The molecule has 1 aliphatic rings. The molecule has 1 saturated heterocycles. The topological polar surface area (TPSA) is 66.8 Å². The van der Waals surface area contributed by atoms with Crippen molar-refractivity contribution < 1.29 is 28.2 Å². The van der Waals surface area contributed by atoms with Crippen LogP contribution in [-0.2, 0) is 9.59 Å². The lowest BCUT2D eigenvalue weighted by Gasteiger charge is -2.18. The van der Waals surface area contributed by atoms with Crippen LogP contribution < -0.4 is 4.74 Å². The minimum atomic E-state index is -2.41. The maximum absolute atomic E-state index is 13.8. The Morgan fingerprint density at radius 1 is 1.48 bits per heavy atom. The third kappa shape index (κ3) is 3.29. The SMILES string of the molecule is Cc1ccc(F)c(OCC(=O)N2CCC(F)(C(=O)O)C2)c1. The Bertz CT molecular complexity index is 578. The van der Waals surface area contributed by atoms with Gasteiger partial charge < -0.3 is 14.7 Å². The number of hydrogen-bond acceptors (Lipinski definition) is 3. The van der Waals surface area contributed by atoms with Gasteiger partial charge in [0.1, 0.15) is 0 Å². The van der Waals surface area contributed by atoms with E-state index in [0.717, 1.165) is 10.5 Å². The van der Waals surface area contributed by atoms with Crippen LogP contribution in [0.15, 0.2) is 18.2 Å². The number of carboxylic acids is 1. The summed E-state index contributed by atoms with van der Waals surface area (Å²) in [6.45, 7) is 0.775. The van der Waals surface area contributed by atoms with Crippen molar-refractivity contribution in [1.29, 1.82) is 0 Å². The molecule has 0 spiro atoms. The molecule has 1 aromatic rings. The first-order chi connectivity index (χ1) is 9.82. The van der Waals surface area contributed by atoms with Gasteiger partial charge in [-0.3, -0.25) is 4.79 Å². The van der Waals surface area contributed by atoms with Crippen LogP contribution in [0, 0.1) is 12.7 Å². The Labute approximate surface area is 120 Å². The van der Waals surface area contributed by atoms with Crippen LogP contribution >= 0.6 is 0 Å². The van der Waals surface area contributed by atoms with Gasteiger partial charge in [-0.1, -0.05) is 6.07 Å². The van der Waals surface area contributed by atoms with E-state index in [9.17, 15) is 18.4 Å². The van der Waals surface area contributed by atoms with Gasteiger partial charge in [0.15, 0.2) is 18.2 Å². The third-order valence-corrected chi connectivity index (χ3v) is 3.39. The van der Waals surface area contributed by atoms with Crippen molar-refractivity contribution in [2.24, 2.45) is 0 Å². The van der Waals surface area contributed by atoms with Gasteiger partial charge in [0, 0.05) is 13.0 Å². The second-order valence-corrected chi connectivity index (χ2v) is 5.06. The Balaban J connectivity index is 1.94. The van der Waals surface area contributed by atoms with Crippen LogP contribution in [0.25, 0.3) is 0 Å². The van der Waals surface area contributed by atoms with E-state index in [4.69, 9.17) is 9.84 Å². The molecule has 0 bridgehead atoms. The fraction of sp³-hybridized carbons (Fsp3) is 0.429. The number of rotatable bonds is 4. The second kappa shape index (κ2) is 5.67. The number of carbonyl (C=O) groups excluding carboxylic acids is 1. The number of alkyl halides is 1. The Kier molecular flexibility index (Phi) is 4.11. The Morgan fingerprint density at radius 3 is 2.81 bits per heavy atom. The van der Waals surface area contributed by atoms with E-state index in [2.05, 4.69) is 0 Å². The summed E-state index contributed by atoms with van der Waals surface area (Å²) in [4.78, 5) is 23.7. The zero-order valence-electron chi connectivity index (χ0n) is 11.4. The number of halogens is 2. The monoisotopic (exact) mass is 299 g/mol. The molecule has 21 heavy (non-hydrogen) atoms. The minimum absolute atomic E-state index is 0.00128. The van der Waals surface area contributed by atoms with Gasteiger partial charge >= 0.3 is 5.97 Å². The van der Waals surface area contributed by atoms with Gasteiger partial charge in [-0.2, -0.15) is 0 Å². The Morgan fingerprint density at radius 2 is 2.19 bits per heavy atom. The summed E-state index contributed by atoms with van der Waals surface area (Å²) in [5.41, 5.74) is -1.64. The van der Waals surface area contributed by atoms with Gasteiger partial charge in [-0.05, 0) is 24.6 Å². The van der Waals surface area contributed by atoms with E-state index in [1.165, 1.54) is 12.1 Å². The number of aryl methyl sites for hydroxylation is 1. The zero-order chi connectivity index (χ0) is 15.6. The minimum Gasteiger partial charge on any atom is -0.481 e. The summed E-state index contributed by atoms with van der Waals surface area (Å²) in [7, 11) is 0. The summed E-state index contributed by atoms with van der Waals surface area (Å²) in [5.74, 6) is -2.81. The molecule has 1 unspecified atom stereocenters. The van der Waals surface area contributed by atoms with E-state index in [1.54, 1.807) is 13.0 Å². The maximum Gasteiger partial charge on any atom is 0.343 e. The van der Waals surface area contributed by atoms with Crippen LogP contribution in [0.2, 0.25) is 0 Å². The molecule has 1 heterocycles. The fourth-order valence-corrected chi connectivity index (χ4v) is 2.11. The molecule has 0 radical (unpaired) electrons. The molecule has 1 fully saturated rings. The fourth-order valence-electron chi connectivity index (χ4n) is 2.11. The average molecular weight is 299 g/mol. The second-order valence-electron chi connectivity index (χ2n) is 5.06. The molecule has 1 aliphatic heterocycles. The van der Waals surface area contributed by atoms with E-state index < -0.39 is 36.5 Å². The molecule has 1 atom stereocenters. The third-order valence-electron chi connectivity index (χ3n) is 3.39. The molecular formula is C14H15F2NO4. The molecule has 0 aliphatic carbocycles. The lowest BCUT2D eigenvalue weighted by molar-refractivity contribution is -0.150. The number of nitrogens with zero attached hydrogens (tertiary/aromatic N) is 1. The van der Waals surface area contributed by atoms with Crippen LogP contribution in [0.1, 0.15) is 12.0 Å². The predicted molar refractivity (Wildman–Crippen MR) is 69.3 cm³/mol. The quantitative estimate of drug-likeness (QED) is 0.916. The zero-order valence-corrected chi connectivity index (χ0v) is 11.4. The van der Waals surface area contributed by atoms with Crippen LogP contribution in [0.5, 0.6) is 5.75 Å².